The average Bonchev–Trinajstić information content (AvgIpc) is 2.67. The van der Waals surface area contributed by atoms with Gasteiger partial charge in [0, 0.05) is 56.6 Å². The standard InChI is InChI=1S/C17H24N4O2S.ClH/c22-16(13-24-15-3-5-18-6-4-15)21-9-1-2-14(12-21)17(23)20-10-7-19-8-11-20;/h3-6,14,19H,1-2,7-13H2;1H. The maximum absolute atomic E-state index is 12.6. The van der Waals surface area contributed by atoms with Gasteiger partial charge in [-0.05, 0) is 25.0 Å². The maximum atomic E-state index is 12.6. The predicted molar refractivity (Wildman–Crippen MR) is 101 cm³/mol. The number of halogens is 1. The minimum Gasteiger partial charge on any atom is -0.341 e. The topological polar surface area (TPSA) is 65.5 Å². The molecule has 2 fully saturated rings. The first kappa shape index (κ1) is 20.0. The van der Waals surface area contributed by atoms with Crippen LogP contribution in [-0.2, 0) is 9.59 Å². The minimum atomic E-state index is -0.0354. The molecule has 1 aromatic rings. The largest absolute Gasteiger partial charge is 0.341 e. The van der Waals surface area contributed by atoms with Crippen molar-refractivity contribution < 1.29 is 9.59 Å². The molecule has 0 spiro atoms. The monoisotopic (exact) mass is 384 g/mol. The molecule has 138 valence electrons. The van der Waals surface area contributed by atoms with Crippen LogP contribution >= 0.6 is 24.2 Å². The third-order valence-electron chi connectivity index (χ3n) is 4.56. The van der Waals surface area contributed by atoms with E-state index in [1.54, 1.807) is 12.4 Å². The maximum Gasteiger partial charge on any atom is 0.232 e. The number of carbonyl (C=O) groups excluding carboxylic acids is 2. The lowest BCUT2D eigenvalue weighted by atomic mass is 9.96. The van der Waals surface area contributed by atoms with Crippen LogP contribution < -0.4 is 5.32 Å². The Hall–Kier alpha value is -1.31. The molecule has 0 aliphatic carbocycles. The molecule has 6 nitrogen and oxygen atoms in total. The molecule has 1 aromatic heterocycles. The van der Waals surface area contributed by atoms with Gasteiger partial charge in [-0.2, -0.15) is 0 Å². The molecular formula is C17H25ClN4O2S. The first-order valence-electron chi connectivity index (χ1n) is 8.54. The fraction of sp³-hybridized carbons (Fsp3) is 0.588. The van der Waals surface area contributed by atoms with Crippen LogP contribution in [0.1, 0.15) is 12.8 Å². The number of nitrogens with one attached hydrogen (secondary N) is 1. The SMILES string of the molecule is Cl.O=C(CSc1ccncc1)N1CCCC(C(=O)N2CCNCC2)C1. The highest BCUT2D eigenvalue weighted by atomic mass is 35.5. The van der Waals surface area contributed by atoms with Crippen LogP contribution in [0, 0.1) is 5.92 Å². The number of aromatic nitrogens is 1. The van der Waals surface area contributed by atoms with E-state index in [-0.39, 0.29) is 30.1 Å². The van der Waals surface area contributed by atoms with Crippen molar-refractivity contribution in [1.29, 1.82) is 0 Å². The fourth-order valence-electron chi connectivity index (χ4n) is 3.22. The molecule has 2 aliphatic rings. The number of rotatable bonds is 4. The molecule has 1 atom stereocenters. The second kappa shape index (κ2) is 9.99. The smallest absolute Gasteiger partial charge is 0.232 e. The van der Waals surface area contributed by atoms with Gasteiger partial charge in [0.25, 0.3) is 0 Å². The van der Waals surface area contributed by atoms with Gasteiger partial charge in [-0.3, -0.25) is 14.6 Å². The van der Waals surface area contributed by atoms with Crippen LogP contribution in [0.25, 0.3) is 0 Å². The van der Waals surface area contributed by atoms with Crippen molar-refractivity contribution >= 4 is 36.0 Å². The Labute approximate surface area is 159 Å². The Morgan fingerprint density at radius 2 is 1.88 bits per heavy atom. The zero-order valence-corrected chi connectivity index (χ0v) is 15.9. The normalized spacial score (nSPS) is 20.7. The Morgan fingerprint density at radius 3 is 2.60 bits per heavy atom. The second-order valence-corrected chi connectivity index (χ2v) is 7.27. The summed E-state index contributed by atoms with van der Waals surface area (Å²) in [6.07, 6.45) is 5.27. The molecule has 3 rings (SSSR count). The lowest BCUT2D eigenvalue weighted by Crippen LogP contribution is -2.52. The third kappa shape index (κ3) is 5.59. The zero-order valence-electron chi connectivity index (χ0n) is 14.2. The summed E-state index contributed by atoms with van der Waals surface area (Å²) in [7, 11) is 0. The number of piperidine rings is 1. The molecule has 0 aromatic carbocycles. The second-order valence-electron chi connectivity index (χ2n) is 6.23. The molecule has 1 unspecified atom stereocenters. The van der Waals surface area contributed by atoms with Gasteiger partial charge in [0.05, 0.1) is 11.7 Å². The summed E-state index contributed by atoms with van der Waals surface area (Å²) < 4.78 is 0. The molecule has 1 N–H and O–H groups in total. The van der Waals surface area contributed by atoms with E-state index in [1.807, 2.05) is 21.9 Å². The summed E-state index contributed by atoms with van der Waals surface area (Å²) in [4.78, 5) is 34.0. The van der Waals surface area contributed by atoms with E-state index in [9.17, 15) is 9.59 Å². The first-order valence-corrected chi connectivity index (χ1v) is 9.53. The summed E-state index contributed by atoms with van der Waals surface area (Å²) in [5.74, 6) is 0.718. The van der Waals surface area contributed by atoms with Crippen molar-refractivity contribution in [2.24, 2.45) is 5.92 Å². The molecule has 2 aliphatic heterocycles. The van der Waals surface area contributed by atoms with Crippen molar-refractivity contribution in [3.63, 3.8) is 0 Å². The number of hydrogen-bond acceptors (Lipinski definition) is 5. The number of pyridine rings is 1. The van der Waals surface area contributed by atoms with Crippen LogP contribution in [-0.4, -0.2) is 71.6 Å². The number of amides is 2. The molecule has 0 saturated carbocycles. The van der Waals surface area contributed by atoms with Crippen LogP contribution in [0.15, 0.2) is 29.4 Å². The van der Waals surface area contributed by atoms with Crippen molar-refractivity contribution in [1.82, 2.24) is 20.1 Å². The van der Waals surface area contributed by atoms with Crippen LogP contribution in [0.5, 0.6) is 0 Å². The highest BCUT2D eigenvalue weighted by Crippen LogP contribution is 2.22. The van der Waals surface area contributed by atoms with E-state index in [2.05, 4.69) is 10.3 Å². The number of nitrogens with zero attached hydrogens (tertiary/aromatic N) is 3. The van der Waals surface area contributed by atoms with Crippen LogP contribution in [0.3, 0.4) is 0 Å². The molecule has 3 heterocycles. The Balaban J connectivity index is 0.00000225. The van der Waals surface area contributed by atoms with E-state index >= 15 is 0 Å². The van der Waals surface area contributed by atoms with Gasteiger partial charge in [0.15, 0.2) is 0 Å². The van der Waals surface area contributed by atoms with E-state index < -0.39 is 0 Å². The number of likely N-dealkylation sites (tertiary alicyclic amines) is 1. The third-order valence-corrected chi connectivity index (χ3v) is 5.56. The summed E-state index contributed by atoms with van der Waals surface area (Å²) in [5.41, 5.74) is 0. The van der Waals surface area contributed by atoms with E-state index in [0.717, 1.165) is 50.5 Å². The molecule has 8 heteroatoms. The van der Waals surface area contributed by atoms with Gasteiger partial charge < -0.3 is 15.1 Å². The Morgan fingerprint density at radius 1 is 1.16 bits per heavy atom. The van der Waals surface area contributed by atoms with Gasteiger partial charge in [0.2, 0.25) is 11.8 Å². The summed E-state index contributed by atoms with van der Waals surface area (Å²) >= 11 is 1.53. The van der Waals surface area contributed by atoms with Crippen molar-refractivity contribution in [2.75, 3.05) is 45.0 Å². The number of hydrogen-bond donors (Lipinski definition) is 1. The van der Waals surface area contributed by atoms with Crippen LogP contribution in [0.2, 0.25) is 0 Å². The van der Waals surface area contributed by atoms with E-state index in [4.69, 9.17) is 0 Å². The zero-order chi connectivity index (χ0) is 16.8. The fourth-order valence-corrected chi connectivity index (χ4v) is 4.01. The van der Waals surface area contributed by atoms with Gasteiger partial charge >= 0.3 is 0 Å². The lowest BCUT2D eigenvalue weighted by molar-refractivity contribution is -0.140. The summed E-state index contributed by atoms with van der Waals surface area (Å²) in [5, 5.41) is 3.27. The number of carbonyl (C=O) groups is 2. The van der Waals surface area contributed by atoms with Gasteiger partial charge in [0.1, 0.15) is 0 Å². The first-order chi connectivity index (χ1) is 11.7. The van der Waals surface area contributed by atoms with E-state index in [1.165, 1.54) is 11.8 Å². The molecular weight excluding hydrogens is 360 g/mol. The minimum absolute atomic E-state index is 0. The molecule has 25 heavy (non-hydrogen) atoms. The van der Waals surface area contributed by atoms with E-state index in [0.29, 0.717) is 12.3 Å². The van der Waals surface area contributed by atoms with Gasteiger partial charge in [-0.25, -0.2) is 0 Å². The van der Waals surface area contributed by atoms with Crippen molar-refractivity contribution in [3.05, 3.63) is 24.5 Å². The lowest BCUT2D eigenvalue weighted by Gasteiger charge is -2.36. The molecule has 0 bridgehead atoms. The molecule has 2 amide bonds. The molecule has 0 radical (unpaired) electrons. The highest BCUT2D eigenvalue weighted by molar-refractivity contribution is 8.00. The summed E-state index contributed by atoms with van der Waals surface area (Å²) in [6.45, 7) is 4.62. The van der Waals surface area contributed by atoms with Gasteiger partial charge in [-0.15, -0.1) is 24.2 Å². The highest BCUT2D eigenvalue weighted by Gasteiger charge is 2.31. The Kier molecular flexibility index (Phi) is 7.99. The van der Waals surface area contributed by atoms with Crippen LogP contribution in [0.4, 0.5) is 0 Å². The van der Waals surface area contributed by atoms with Gasteiger partial charge in [-0.1, -0.05) is 0 Å². The number of piperazine rings is 1. The molecule has 2 saturated heterocycles. The average molecular weight is 385 g/mol. The Bertz CT molecular complexity index is 569. The number of thioether (sulfide) groups is 1. The van der Waals surface area contributed by atoms with Crippen molar-refractivity contribution in [3.8, 4) is 0 Å². The quantitative estimate of drug-likeness (QED) is 0.792. The summed E-state index contributed by atoms with van der Waals surface area (Å²) in [6, 6.07) is 3.82. The predicted octanol–water partition coefficient (Wildman–Crippen LogP) is 1.27. The van der Waals surface area contributed by atoms with Crippen molar-refractivity contribution in [2.45, 2.75) is 17.7 Å².